The van der Waals surface area contributed by atoms with Crippen molar-refractivity contribution in [3.8, 4) is 22.9 Å². The van der Waals surface area contributed by atoms with Crippen molar-refractivity contribution in [1.82, 2.24) is 14.6 Å². The first-order valence-electron chi connectivity index (χ1n) is 8.75. The molecule has 0 aliphatic heterocycles. The van der Waals surface area contributed by atoms with E-state index in [4.69, 9.17) is 22.1 Å². The number of aromatic nitrogens is 3. The largest absolute Gasteiger partial charge is 0.490 e. The van der Waals surface area contributed by atoms with E-state index >= 15 is 0 Å². The lowest BCUT2D eigenvalue weighted by Gasteiger charge is -2.26. The van der Waals surface area contributed by atoms with Crippen LogP contribution in [0, 0.1) is 17.2 Å². The molecule has 2 N–H and O–H groups in total. The molecule has 0 radical (unpaired) electrons. The molecule has 1 atom stereocenters. The standard InChI is InChI=1S/C20H22ClN5O/c1-13(2)10-20(3,23)12-27-17-5-4-14(8-15(17)11-22)16-9-18(21)25-26-7-6-24-19(16)26/h4-9,13H,10,12,23H2,1-3H3/t20-/m0/s1. The fourth-order valence-electron chi connectivity index (χ4n) is 3.24. The van der Waals surface area contributed by atoms with Crippen LogP contribution in [0.2, 0.25) is 5.15 Å². The zero-order valence-electron chi connectivity index (χ0n) is 15.6. The van der Waals surface area contributed by atoms with E-state index in [0.29, 0.717) is 34.6 Å². The van der Waals surface area contributed by atoms with Crippen molar-refractivity contribution in [2.75, 3.05) is 6.61 Å². The summed E-state index contributed by atoms with van der Waals surface area (Å²) in [5, 5.41) is 14.1. The minimum Gasteiger partial charge on any atom is -0.490 e. The number of hydrogen-bond acceptors (Lipinski definition) is 5. The summed E-state index contributed by atoms with van der Waals surface area (Å²) in [6, 6.07) is 9.37. The van der Waals surface area contributed by atoms with Gasteiger partial charge in [-0.1, -0.05) is 31.5 Å². The Bertz CT molecular complexity index is 1000. The van der Waals surface area contributed by atoms with Gasteiger partial charge >= 0.3 is 0 Å². The summed E-state index contributed by atoms with van der Waals surface area (Å²) in [4.78, 5) is 4.32. The Morgan fingerprint density at radius 2 is 2.15 bits per heavy atom. The summed E-state index contributed by atoms with van der Waals surface area (Å²) < 4.78 is 7.49. The number of rotatable bonds is 6. The van der Waals surface area contributed by atoms with Crippen molar-refractivity contribution in [3.63, 3.8) is 0 Å². The first kappa shape index (κ1) is 19.2. The van der Waals surface area contributed by atoms with Crippen molar-refractivity contribution >= 4 is 17.2 Å². The smallest absolute Gasteiger partial charge is 0.161 e. The van der Waals surface area contributed by atoms with Crippen LogP contribution in [0.1, 0.15) is 32.8 Å². The molecule has 27 heavy (non-hydrogen) atoms. The first-order chi connectivity index (χ1) is 12.8. The Hall–Kier alpha value is -2.62. The predicted octanol–water partition coefficient (Wildman–Crippen LogP) is 4.06. The van der Waals surface area contributed by atoms with Gasteiger partial charge in [-0.2, -0.15) is 10.4 Å². The van der Waals surface area contributed by atoms with Crippen LogP contribution in [0.5, 0.6) is 5.75 Å². The van der Waals surface area contributed by atoms with Crippen molar-refractivity contribution in [3.05, 3.63) is 47.4 Å². The number of nitriles is 1. The molecule has 3 rings (SSSR count). The number of imidazole rings is 1. The topological polar surface area (TPSA) is 89.2 Å². The van der Waals surface area contributed by atoms with Crippen LogP contribution in [-0.2, 0) is 0 Å². The highest BCUT2D eigenvalue weighted by Crippen LogP contribution is 2.30. The fourth-order valence-corrected chi connectivity index (χ4v) is 3.43. The quantitative estimate of drug-likeness (QED) is 0.693. The number of fused-ring (bicyclic) bond motifs is 1. The van der Waals surface area contributed by atoms with E-state index in [-0.39, 0.29) is 0 Å². The average Bonchev–Trinajstić information content (AvgIpc) is 3.06. The average molecular weight is 384 g/mol. The molecule has 0 amide bonds. The first-order valence-corrected chi connectivity index (χ1v) is 9.13. The van der Waals surface area contributed by atoms with Crippen LogP contribution >= 0.6 is 11.6 Å². The van der Waals surface area contributed by atoms with Crippen LogP contribution < -0.4 is 10.5 Å². The minimum absolute atomic E-state index is 0.338. The molecule has 7 heteroatoms. The van der Waals surface area contributed by atoms with E-state index in [9.17, 15) is 5.26 Å². The molecule has 2 aromatic heterocycles. The second-order valence-corrected chi connectivity index (χ2v) is 7.83. The Kier molecular flexibility index (Phi) is 5.36. The number of benzene rings is 1. The maximum absolute atomic E-state index is 9.57. The molecule has 0 aliphatic carbocycles. The molecule has 0 fully saturated rings. The van der Waals surface area contributed by atoms with Gasteiger partial charge in [-0.25, -0.2) is 9.50 Å². The van der Waals surface area contributed by atoms with Gasteiger partial charge in [-0.3, -0.25) is 0 Å². The highest BCUT2D eigenvalue weighted by atomic mass is 35.5. The predicted molar refractivity (Wildman–Crippen MR) is 106 cm³/mol. The third-order valence-electron chi connectivity index (χ3n) is 4.17. The Morgan fingerprint density at radius 1 is 1.37 bits per heavy atom. The number of halogens is 1. The van der Waals surface area contributed by atoms with E-state index in [1.165, 1.54) is 0 Å². The van der Waals surface area contributed by atoms with Gasteiger partial charge in [0.15, 0.2) is 10.8 Å². The summed E-state index contributed by atoms with van der Waals surface area (Å²) >= 11 is 6.11. The van der Waals surface area contributed by atoms with Gasteiger partial charge in [-0.15, -0.1) is 0 Å². The normalized spacial score (nSPS) is 13.5. The molecule has 6 nitrogen and oxygen atoms in total. The SMILES string of the molecule is CC(C)C[C@](C)(N)COc1ccc(-c2cc(Cl)nn3ccnc23)cc1C#N. The van der Waals surface area contributed by atoms with Crippen LogP contribution in [-0.4, -0.2) is 26.7 Å². The monoisotopic (exact) mass is 383 g/mol. The molecule has 0 saturated carbocycles. The summed E-state index contributed by atoms with van der Waals surface area (Å²) in [6.07, 6.45) is 4.21. The van der Waals surface area contributed by atoms with Crippen molar-refractivity contribution in [2.45, 2.75) is 32.7 Å². The third-order valence-corrected chi connectivity index (χ3v) is 4.36. The second-order valence-electron chi connectivity index (χ2n) is 7.44. The summed E-state index contributed by atoms with van der Waals surface area (Å²) in [6.45, 7) is 6.54. The van der Waals surface area contributed by atoms with E-state index in [0.717, 1.165) is 17.5 Å². The maximum Gasteiger partial charge on any atom is 0.161 e. The van der Waals surface area contributed by atoms with Crippen molar-refractivity contribution in [1.29, 1.82) is 5.26 Å². The lowest BCUT2D eigenvalue weighted by Crippen LogP contribution is -2.43. The lowest BCUT2D eigenvalue weighted by molar-refractivity contribution is 0.206. The summed E-state index contributed by atoms with van der Waals surface area (Å²) in [7, 11) is 0. The lowest BCUT2D eigenvalue weighted by atomic mass is 9.93. The van der Waals surface area contributed by atoms with Gasteiger partial charge < -0.3 is 10.5 Å². The van der Waals surface area contributed by atoms with Crippen LogP contribution in [0.25, 0.3) is 16.8 Å². The van der Waals surface area contributed by atoms with Crippen molar-refractivity contribution in [2.24, 2.45) is 11.7 Å². The van der Waals surface area contributed by atoms with E-state index in [1.807, 2.05) is 13.0 Å². The van der Waals surface area contributed by atoms with E-state index in [1.54, 1.807) is 35.1 Å². The van der Waals surface area contributed by atoms with Gasteiger partial charge in [0, 0.05) is 23.5 Å². The van der Waals surface area contributed by atoms with E-state index < -0.39 is 5.54 Å². The van der Waals surface area contributed by atoms with Crippen LogP contribution in [0.4, 0.5) is 0 Å². The zero-order chi connectivity index (χ0) is 19.6. The number of hydrogen-bond donors (Lipinski definition) is 1. The number of nitrogens with two attached hydrogens (primary N) is 1. The molecule has 1 aromatic carbocycles. The van der Waals surface area contributed by atoms with Gasteiger partial charge in [0.2, 0.25) is 0 Å². The van der Waals surface area contributed by atoms with E-state index in [2.05, 4.69) is 30.0 Å². The molecular weight excluding hydrogens is 362 g/mol. The van der Waals surface area contributed by atoms with Gasteiger partial charge in [-0.05, 0) is 43.0 Å². The molecule has 0 aliphatic rings. The molecule has 0 bridgehead atoms. The van der Waals surface area contributed by atoms with Crippen LogP contribution in [0.3, 0.4) is 0 Å². The summed E-state index contributed by atoms with van der Waals surface area (Å²) in [5.41, 5.74) is 8.57. The summed E-state index contributed by atoms with van der Waals surface area (Å²) in [5.74, 6) is 0.982. The number of nitrogens with zero attached hydrogens (tertiary/aromatic N) is 4. The Morgan fingerprint density at radius 3 is 2.85 bits per heavy atom. The number of ether oxygens (including phenoxy) is 1. The molecule has 0 unspecified atom stereocenters. The van der Waals surface area contributed by atoms with Crippen LogP contribution in [0.15, 0.2) is 36.7 Å². The Labute approximate surface area is 163 Å². The van der Waals surface area contributed by atoms with Crippen molar-refractivity contribution < 1.29 is 4.74 Å². The fraction of sp³-hybridized carbons (Fsp3) is 0.350. The second kappa shape index (κ2) is 7.55. The molecule has 3 aromatic rings. The maximum atomic E-state index is 9.57. The molecular formula is C20H22ClN5O. The van der Waals surface area contributed by atoms with Gasteiger partial charge in [0.25, 0.3) is 0 Å². The molecule has 140 valence electrons. The third kappa shape index (κ3) is 4.38. The highest BCUT2D eigenvalue weighted by molar-refractivity contribution is 6.29. The zero-order valence-corrected chi connectivity index (χ0v) is 16.4. The molecule has 2 heterocycles. The molecule has 0 spiro atoms. The van der Waals surface area contributed by atoms with Gasteiger partial charge in [0.05, 0.1) is 5.56 Å². The minimum atomic E-state index is -0.458. The molecule has 0 saturated heterocycles. The Balaban J connectivity index is 1.91. The van der Waals surface area contributed by atoms with Gasteiger partial charge in [0.1, 0.15) is 18.4 Å². The highest BCUT2D eigenvalue weighted by Gasteiger charge is 2.22.